The number of imidazole rings is 1. The SMILES string of the molecule is CNc1ccc2[nH]c(C3CCCCCC3N)nc2n1. The van der Waals surface area contributed by atoms with Crippen molar-refractivity contribution < 1.29 is 0 Å². The van der Waals surface area contributed by atoms with E-state index in [0.717, 1.165) is 35.6 Å². The minimum absolute atomic E-state index is 0.215. The first kappa shape index (κ1) is 12.4. The van der Waals surface area contributed by atoms with Gasteiger partial charge in [-0.05, 0) is 25.0 Å². The lowest BCUT2D eigenvalue weighted by molar-refractivity contribution is 0.488. The fourth-order valence-corrected chi connectivity index (χ4v) is 2.90. The summed E-state index contributed by atoms with van der Waals surface area (Å²) in [6.45, 7) is 0. The summed E-state index contributed by atoms with van der Waals surface area (Å²) in [6.07, 6.45) is 5.98. The van der Waals surface area contributed by atoms with Crippen LogP contribution in [0.3, 0.4) is 0 Å². The molecule has 0 bridgehead atoms. The molecule has 0 radical (unpaired) electrons. The van der Waals surface area contributed by atoms with Gasteiger partial charge >= 0.3 is 0 Å². The quantitative estimate of drug-likeness (QED) is 0.723. The third-order valence-corrected chi connectivity index (χ3v) is 4.04. The van der Waals surface area contributed by atoms with Crippen LogP contribution in [0.5, 0.6) is 0 Å². The Kier molecular flexibility index (Phi) is 3.38. The minimum Gasteiger partial charge on any atom is -0.373 e. The number of fused-ring (bicyclic) bond motifs is 1. The summed E-state index contributed by atoms with van der Waals surface area (Å²) in [5.41, 5.74) is 8.06. The molecule has 1 saturated carbocycles. The lowest BCUT2D eigenvalue weighted by Crippen LogP contribution is -2.28. The normalized spacial score (nSPS) is 24.3. The number of nitrogens with two attached hydrogens (primary N) is 1. The third-order valence-electron chi connectivity index (χ3n) is 4.04. The molecule has 1 aliphatic rings. The van der Waals surface area contributed by atoms with Gasteiger partial charge in [0.25, 0.3) is 0 Å². The fraction of sp³-hybridized carbons (Fsp3) is 0.571. The van der Waals surface area contributed by atoms with Crippen molar-refractivity contribution in [3.63, 3.8) is 0 Å². The lowest BCUT2D eigenvalue weighted by atomic mass is 9.95. The largest absolute Gasteiger partial charge is 0.373 e. The van der Waals surface area contributed by atoms with Crippen LogP contribution < -0.4 is 11.1 Å². The molecular weight excluding hydrogens is 238 g/mol. The molecule has 19 heavy (non-hydrogen) atoms. The highest BCUT2D eigenvalue weighted by atomic mass is 15.0. The zero-order valence-corrected chi connectivity index (χ0v) is 11.3. The van der Waals surface area contributed by atoms with Crippen molar-refractivity contribution in [1.82, 2.24) is 15.0 Å². The average Bonchev–Trinajstić information content (AvgIpc) is 2.72. The number of nitrogens with one attached hydrogen (secondary N) is 2. The summed E-state index contributed by atoms with van der Waals surface area (Å²) in [4.78, 5) is 12.5. The van der Waals surface area contributed by atoms with Crippen LogP contribution in [0.15, 0.2) is 12.1 Å². The molecule has 0 spiro atoms. The Hall–Kier alpha value is -1.62. The second-order valence-corrected chi connectivity index (χ2v) is 5.35. The van der Waals surface area contributed by atoms with Crippen LogP contribution in [0.2, 0.25) is 0 Å². The second-order valence-electron chi connectivity index (χ2n) is 5.35. The molecule has 1 fully saturated rings. The van der Waals surface area contributed by atoms with Crippen LogP contribution in [0.1, 0.15) is 43.8 Å². The van der Waals surface area contributed by atoms with Gasteiger partial charge in [-0.2, -0.15) is 0 Å². The smallest absolute Gasteiger partial charge is 0.179 e. The van der Waals surface area contributed by atoms with Crippen LogP contribution in [-0.2, 0) is 0 Å². The van der Waals surface area contributed by atoms with Crippen LogP contribution in [0.25, 0.3) is 11.2 Å². The van der Waals surface area contributed by atoms with Gasteiger partial charge < -0.3 is 16.0 Å². The van der Waals surface area contributed by atoms with E-state index in [0.29, 0.717) is 5.92 Å². The standard InChI is InChI=1S/C14H21N5/c1-16-12-8-7-11-14(18-12)19-13(17-11)9-5-3-2-4-6-10(9)15/h7-10H,2-6,15H2,1H3,(H2,16,17,18,19). The summed E-state index contributed by atoms with van der Waals surface area (Å²) in [5, 5.41) is 3.04. The highest BCUT2D eigenvalue weighted by molar-refractivity contribution is 5.73. The number of hydrogen-bond donors (Lipinski definition) is 3. The van der Waals surface area contributed by atoms with Crippen molar-refractivity contribution in [3.8, 4) is 0 Å². The van der Waals surface area contributed by atoms with Gasteiger partial charge in [-0.3, -0.25) is 0 Å². The van der Waals surface area contributed by atoms with Gasteiger partial charge in [0.2, 0.25) is 0 Å². The number of anilines is 1. The Labute approximate surface area is 113 Å². The molecule has 3 rings (SSSR count). The maximum atomic E-state index is 6.30. The zero-order chi connectivity index (χ0) is 13.2. The molecule has 2 unspecified atom stereocenters. The monoisotopic (exact) mass is 259 g/mol. The number of hydrogen-bond acceptors (Lipinski definition) is 4. The number of aromatic amines is 1. The predicted octanol–water partition coefficient (Wildman–Crippen LogP) is 2.37. The number of H-pyrrole nitrogens is 1. The van der Waals surface area contributed by atoms with Gasteiger partial charge in [-0.15, -0.1) is 0 Å². The van der Waals surface area contributed by atoms with Crippen LogP contribution in [0.4, 0.5) is 5.82 Å². The number of aromatic nitrogens is 3. The Morgan fingerprint density at radius 2 is 2.05 bits per heavy atom. The molecular formula is C14H21N5. The molecule has 2 aromatic heterocycles. The highest BCUT2D eigenvalue weighted by Gasteiger charge is 2.25. The first-order valence-corrected chi connectivity index (χ1v) is 7.08. The van der Waals surface area contributed by atoms with E-state index in [4.69, 9.17) is 5.73 Å². The molecule has 5 nitrogen and oxygen atoms in total. The molecule has 2 atom stereocenters. The number of pyridine rings is 1. The highest BCUT2D eigenvalue weighted by Crippen LogP contribution is 2.30. The van der Waals surface area contributed by atoms with Crippen molar-refractivity contribution in [2.45, 2.75) is 44.1 Å². The maximum Gasteiger partial charge on any atom is 0.179 e. The van der Waals surface area contributed by atoms with E-state index in [2.05, 4.69) is 20.3 Å². The summed E-state index contributed by atoms with van der Waals surface area (Å²) < 4.78 is 0. The Morgan fingerprint density at radius 1 is 1.21 bits per heavy atom. The molecule has 2 heterocycles. The van der Waals surface area contributed by atoms with Crippen LogP contribution in [0, 0.1) is 0 Å². The lowest BCUT2D eigenvalue weighted by Gasteiger charge is -2.18. The van der Waals surface area contributed by atoms with E-state index >= 15 is 0 Å². The van der Waals surface area contributed by atoms with Crippen molar-refractivity contribution in [2.24, 2.45) is 5.73 Å². The van der Waals surface area contributed by atoms with Gasteiger partial charge in [0, 0.05) is 19.0 Å². The molecule has 102 valence electrons. The molecule has 2 aromatic rings. The van der Waals surface area contributed by atoms with E-state index in [9.17, 15) is 0 Å². The van der Waals surface area contributed by atoms with E-state index in [1.54, 1.807) is 0 Å². The van der Waals surface area contributed by atoms with Crippen LogP contribution in [-0.4, -0.2) is 28.0 Å². The predicted molar refractivity (Wildman–Crippen MR) is 77.2 cm³/mol. The van der Waals surface area contributed by atoms with E-state index in [-0.39, 0.29) is 6.04 Å². The zero-order valence-electron chi connectivity index (χ0n) is 11.3. The average molecular weight is 259 g/mol. The summed E-state index contributed by atoms with van der Waals surface area (Å²) >= 11 is 0. The molecule has 0 aliphatic heterocycles. The molecule has 1 aliphatic carbocycles. The van der Waals surface area contributed by atoms with Gasteiger partial charge in [-0.25, -0.2) is 9.97 Å². The minimum atomic E-state index is 0.215. The Balaban J connectivity index is 1.95. The summed E-state index contributed by atoms with van der Waals surface area (Å²) in [6, 6.07) is 4.19. The topological polar surface area (TPSA) is 79.6 Å². The van der Waals surface area contributed by atoms with Crippen LogP contribution >= 0.6 is 0 Å². The maximum absolute atomic E-state index is 6.30. The van der Waals surface area contributed by atoms with Gasteiger partial charge in [0.1, 0.15) is 11.6 Å². The molecule has 0 amide bonds. The van der Waals surface area contributed by atoms with Gasteiger partial charge in [0.05, 0.1) is 5.52 Å². The van der Waals surface area contributed by atoms with Crippen molar-refractivity contribution >= 4 is 17.0 Å². The third kappa shape index (κ3) is 2.42. The first-order valence-electron chi connectivity index (χ1n) is 7.08. The number of rotatable bonds is 2. The Bertz CT molecular complexity index is 562. The van der Waals surface area contributed by atoms with Crippen molar-refractivity contribution in [2.75, 3.05) is 12.4 Å². The molecule has 0 saturated heterocycles. The molecule has 5 heteroatoms. The van der Waals surface area contributed by atoms with E-state index in [1.807, 2.05) is 19.2 Å². The first-order chi connectivity index (χ1) is 9.28. The van der Waals surface area contributed by atoms with E-state index in [1.165, 1.54) is 19.3 Å². The fourth-order valence-electron chi connectivity index (χ4n) is 2.90. The second kappa shape index (κ2) is 5.17. The van der Waals surface area contributed by atoms with Gasteiger partial charge in [-0.1, -0.05) is 19.3 Å². The molecule has 4 N–H and O–H groups in total. The Morgan fingerprint density at radius 3 is 2.89 bits per heavy atom. The summed E-state index contributed by atoms with van der Waals surface area (Å²) in [7, 11) is 1.86. The molecule has 0 aromatic carbocycles. The van der Waals surface area contributed by atoms with E-state index < -0.39 is 0 Å². The number of nitrogens with zero attached hydrogens (tertiary/aromatic N) is 2. The van der Waals surface area contributed by atoms with Crippen molar-refractivity contribution in [1.29, 1.82) is 0 Å². The van der Waals surface area contributed by atoms with Gasteiger partial charge in [0.15, 0.2) is 5.65 Å². The van der Waals surface area contributed by atoms with Crippen molar-refractivity contribution in [3.05, 3.63) is 18.0 Å². The summed E-state index contributed by atoms with van der Waals surface area (Å²) in [5.74, 6) is 2.19.